The summed E-state index contributed by atoms with van der Waals surface area (Å²) < 4.78 is 55.3. The van der Waals surface area contributed by atoms with Crippen molar-refractivity contribution >= 4 is 69.2 Å². The Hall–Kier alpha value is -15.9. The third kappa shape index (κ3) is 20.7. The number of aromatic amines is 3. The molecule has 0 aliphatic heterocycles. The second-order valence-corrected chi connectivity index (χ2v) is 30.3. The van der Waals surface area contributed by atoms with Gasteiger partial charge in [-0.05, 0) is 181 Å². The first kappa shape index (κ1) is 86.1. The second kappa shape index (κ2) is 40.4. The van der Waals surface area contributed by atoms with Gasteiger partial charge in [0.15, 0.2) is 0 Å². The summed E-state index contributed by atoms with van der Waals surface area (Å²) >= 11 is 0. The maximum Gasteiger partial charge on any atom is 0.511 e. The Kier molecular flexibility index (Phi) is 27.4. The number of benzene rings is 10. The molecule has 1 saturated carbocycles. The molecule has 0 spiro atoms. The highest BCUT2D eigenvalue weighted by Gasteiger charge is 2.29. The van der Waals surface area contributed by atoms with E-state index in [-0.39, 0.29) is 11.7 Å². The monoisotopic (exact) mass is 1710 g/mol. The second-order valence-electron chi connectivity index (χ2n) is 30.3. The molecule has 0 radical (unpaired) electrons. The zero-order valence-corrected chi connectivity index (χ0v) is 70.7. The number of nitrogens with one attached hydrogen (secondary N) is 3. The fraction of sp³-hybridized carbons (Fsp3) is 0.232. The average Bonchev–Trinajstić information content (AvgIpc) is 1.63. The molecule has 1 aliphatic rings. The van der Waals surface area contributed by atoms with E-state index in [0.717, 1.165) is 104 Å². The quantitative estimate of drug-likeness (QED) is 0.0177. The Labute approximate surface area is 728 Å². The van der Waals surface area contributed by atoms with Gasteiger partial charge in [0.05, 0.1) is 101 Å². The summed E-state index contributed by atoms with van der Waals surface area (Å²) in [4.78, 5) is 77.9. The van der Waals surface area contributed by atoms with Crippen molar-refractivity contribution in [3.63, 3.8) is 0 Å². The molecule has 0 saturated heterocycles. The Morgan fingerprint density at radius 1 is 0.425 bits per heavy atom. The summed E-state index contributed by atoms with van der Waals surface area (Å²) in [5.41, 5.74) is 16.3. The van der Waals surface area contributed by atoms with Crippen molar-refractivity contribution in [1.82, 2.24) is 90.5 Å². The summed E-state index contributed by atoms with van der Waals surface area (Å²) in [7, 11) is 0. The smallest absolute Gasteiger partial charge is 0.465 e. The Morgan fingerprint density at radius 2 is 0.803 bits per heavy atom. The zero-order chi connectivity index (χ0) is 88.2. The molecular weight excluding hydrogens is 1620 g/mol. The largest absolute Gasteiger partial charge is 0.511 e. The third-order valence-electron chi connectivity index (χ3n) is 20.6. The molecule has 3 N–H and O–H groups in total. The van der Waals surface area contributed by atoms with Crippen LogP contribution in [-0.2, 0) is 52.8 Å². The number of carbonyl (C=O) groups is 5. The maximum absolute atomic E-state index is 13.4. The highest BCUT2D eigenvalue weighted by molar-refractivity contribution is 6.05. The van der Waals surface area contributed by atoms with Crippen LogP contribution in [0.2, 0.25) is 0 Å². The van der Waals surface area contributed by atoms with E-state index in [1.165, 1.54) is 13.2 Å². The number of para-hydroxylation sites is 3. The highest BCUT2D eigenvalue weighted by atomic mass is 16.8. The van der Waals surface area contributed by atoms with Crippen LogP contribution in [0.25, 0.3) is 107 Å². The van der Waals surface area contributed by atoms with E-state index in [1.54, 1.807) is 63.2 Å². The number of fused-ring (bicyclic) bond motifs is 3. The number of rotatable bonds is 28. The van der Waals surface area contributed by atoms with Gasteiger partial charge in [-0.2, -0.15) is 30.6 Å². The normalized spacial score (nSPS) is 12.3. The number of imidazole rings is 3. The number of carbonyl (C=O) groups excluding carboxylic acids is 5. The van der Waals surface area contributed by atoms with Crippen LogP contribution in [0.4, 0.5) is 4.79 Å². The predicted molar refractivity (Wildman–Crippen MR) is 471 cm³/mol. The number of H-pyrrole nitrogens is 3. The van der Waals surface area contributed by atoms with Gasteiger partial charge in [0.1, 0.15) is 6.10 Å². The van der Waals surface area contributed by atoms with Gasteiger partial charge in [-0.25, -0.2) is 19.2 Å². The molecule has 1 fully saturated rings. The predicted octanol–water partition coefficient (Wildman–Crippen LogP) is 17.5. The average molecular weight is 1710 g/mol. The van der Waals surface area contributed by atoms with Gasteiger partial charge >= 0.3 is 30.0 Å². The van der Waals surface area contributed by atoms with Crippen molar-refractivity contribution in [3.8, 4) is 85.6 Å². The van der Waals surface area contributed by atoms with Crippen molar-refractivity contribution in [1.29, 1.82) is 0 Å². The van der Waals surface area contributed by atoms with E-state index in [0.29, 0.717) is 119 Å². The number of hydrogen-bond donors (Lipinski definition) is 3. The van der Waals surface area contributed by atoms with Crippen molar-refractivity contribution in [2.45, 2.75) is 113 Å². The van der Waals surface area contributed by atoms with Crippen LogP contribution < -0.4 is 14.2 Å². The van der Waals surface area contributed by atoms with Crippen LogP contribution in [0.5, 0.6) is 18.0 Å². The van der Waals surface area contributed by atoms with Crippen molar-refractivity contribution in [3.05, 3.63) is 276 Å². The summed E-state index contributed by atoms with van der Waals surface area (Å²) in [5.74, 6) is -0.652. The van der Waals surface area contributed by atoms with Gasteiger partial charge in [0.25, 0.3) is 18.0 Å². The molecule has 32 heteroatoms. The fourth-order valence-electron chi connectivity index (χ4n) is 14.6. The first-order valence-electron chi connectivity index (χ1n) is 41.4. The van der Waals surface area contributed by atoms with E-state index in [4.69, 9.17) is 42.6 Å². The molecule has 0 bridgehead atoms. The van der Waals surface area contributed by atoms with Crippen molar-refractivity contribution in [2.24, 2.45) is 5.41 Å². The molecule has 127 heavy (non-hydrogen) atoms. The van der Waals surface area contributed by atoms with E-state index >= 15 is 0 Å². The van der Waals surface area contributed by atoms with Crippen LogP contribution in [0.1, 0.15) is 134 Å². The molecule has 1 unspecified atom stereocenters. The number of hydrogen-bond acceptors (Lipinski definition) is 26. The molecule has 32 nitrogen and oxygen atoms in total. The minimum absolute atomic E-state index is 0.163. The SMILES string of the molecule is CCOc1nc2cccc(C(=O)O/C=C/c3ccccc3)c2n1Cc1ccc(-c2ccccc2-c2nn[nH]n2)cc1.CCOc1nc2cccc(C(=O)OC(C)OC(=O)OC3CCCCC3)c2n1Cc1ccc(-c2ccccc2-c2nn[nH]n2)cc1.CCOc1nc2cccc(C(=O)OCOC(=O)C(C)(C)C)c2n1Cc1ccc(-c2ccccc2-c2nn[nH]n2)cc1. The van der Waals surface area contributed by atoms with Crippen molar-refractivity contribution < 1.29 is 66.6 Å². The third-order valence-corrected chi connectivity index (χ3v) is 20.6. The van der Waals surface area contributed by atoms with Gasteiger partial charge < -0.3 is 42.6 Å². The lowest BCUT2D eigenvalue weighted by Crippen LogP contribution is -2.26. The summed E-state index contributed by atoms with van der Waals surface area (Å²) in [5, 5.41) is 43.4. The van der Waals surface area contributed by atoms with E-state index in [1.807, 2.05) is 216 Å². The van der Waals surface area contributed by atoms with Crippen LogP contribution in [0.3, 0.4) is 0 Å². The first-order valence-corrected chi connectivity index (χ1v) is 41.4. The molecule has 17 rings (SSSR count). The van der Waals surface area contributed by atoms with Crippen LogP contribution in [0.15, 0.2) is 237 Å². The molecule has 644 valence electrons. The molecule has 10 aromatic carbocycles. The van der Waals surface area contributed by atoms with E-state index in [2.05, 4.69) is 89.0 Å². The number of nitrogens with zero attached hydrogens (tertiary/aromatic N) is 15. The molecule has 1 aliphatic carbocycles. The summed E-state index contributed by atoms with van der Waals surface area (Å²) in [6.07, 6.45) is 5.81. The van der Waals surface area contributed by atoms with E-state index in [9.17, 15) is 24.0 Å². The number of tetrazole rings is 3. The summed E-state index contributed by atoms with van der Waals surface area (Å²) in [6.45, 7) is 14.3. The highest BCUT2D eigenvalue weighted by Crippen LogP contribution is 2.37. The van der Waals surface area contributed by atoms with Gasteiger partial charge in [-0.1, -0.05) is 201 Å². The first-order chi connectivity index (χ1) is 62.0. The molecular formula is C95H90N18O14. The molecule has 6 heterocycles. The lowest BCUT2D eigenvalue weighted by molar-refractivity contribution is -0.161. The van der Waals surface area contributed by atoms with Crippen LogP contribution in [0, 0.1) is 5.41 Å². The zero-order valence-electron chi connectivity index (χ0n) is 70.7. The van der Waals surface area contributed by atoms with E-state index < -0.39 is 48.5 Å². The lowest BCUT2D eigenvalue weighted by atomic mass is 9.98. The topological polar surface area (TPSA) is 385 Å². The molecule has 0 amide bonds. The van der Waals surface area contributed by atoms with Gasteiger partial charge in [0, 0.05) is 23.6 Å². The minimum atomic E-state index is -1.14. The Balaban J connectivity index is 0.000000147. The van der Waals surface area contributed by atoms with Gasteiger partial charge in [0.2, 0.25) is 30.6 Å². The number of esters is 4. The standard InChI is InChI=1S/C33H34N6O6.C32H26N6O3.C30H30N6O5/c1-3-42-32-34-28-15-9-14-27(31(40)43-21(2)44-33(41)45-24-10-5-4-6-11-24)29(28)39(32)20-22-16-18-23(19-17-22)25-12-7-8-13-26(25)30-35-37-38-36-30;1-2-40-32-33-28-14-8-13-27(31(39)41-20-19-22-9-4-3-5-10-22)29(28)38(32)21-23-15-17-24(18-16-23)25-11-6-7-12-26(25)30-34-36-37-35-30;1-5-39-29-31-24-12-8-11-23(27(37)40-18-41-28(38)30(2,3)4)25(24)36(29)17-19-13-15-20(16-14-19)21-9-6-7-10-22(21)26-32-34-35-33-26/h7-9,12-19,21,24H,3-6,10-11,20H2,1-2H3,(H,35,36,37,38);3-20H,2,21H2,1H3,(H,34,35,36,37);6-16H,5,17-18H2,1-4H3,(H,32,33,34,35)/b;20-19+;. The minimum Gasteiger partial charge on any atom is -0.465 e. The Morgan fingerprint density at radius 3 is 1.18 bits per heavy atom. The summed E-state index contributed by atoms with van der Waals surface area (Å²) in [6, 6.07) is 74.6. The number of ether oxygens (including phenoxy) is 9. The van der Waals surface area contributed by atoms with Crippen LogP contribution >= 0.6 is 0 Å². The maximum atomic E-state index is 13.4. The van der Waals surface area contributed by atoms with Gasteiger partial charge in [-0.3, -0.25) is 18.5 Å². The van der Waals surface area contributed by atoms with Gasteiger partial charge in [-0.15, -0.1) is 30.6 Å². The number of aromatic nitrogens is 18. The lowest BCUT2D eigenvalue weighted by Gasteiger charge is -2.22. The van der Waals surface area contributed by atoms with Crippen LogP contribution in [-0.4, -0.2) is 160 Å². The fourth-order valence-corrected chi connectivity index (χ4v) is 14.6. The molecule has 1 atom stereocenters. The molecule has 16 aromatic rings. The van der Waals surface area contributed by atoms with Crippen molar-refractivity contribution in [2.75, 3.05) is 26.6 Å². The Bertz CT molecular complexity index is 6490. The molecule has 6 aromatic heterocycles.